The Labute approximate surface area is 289 Å². The second-order valence-corrected chi connectivity index (χ2v) is 15.3. The molecule has 4 aliphatic rings. The minimum atomic E-state index is -1.03. The lowest BCUT2D eigenvalue weighted by atomic mass is 9.68. The van der Waals surface area contributed by atoms with Crippen molar-refractivity contribution in [1.82, 2.24) is 4.90 Å². The van der Waals surface area contributed by atoms with Crippen molar-refractivity contribution in [2.75, 3.05) is 45.3 Å². The molecule has 1 fully saturated rings. The number of rotatable bonds is 3. The number of anilines is 1. The predicted octanol–water partition coefficient (Wildman–Crippen LogP) is 6.73. The Morgan fingerprint density at radius 1 is 1.19 bits per heavy atom. The minimum absolute atomic E-state index is 0.149. The van der Waals surface area contributed by atoms with E-state index in [2.05, 4.69) is 23.6 Å². The van der Waals surface area contributed by atoms with Crippen molar-refractivity contribution in [1.29, 1.82) is 0 Å². The maximum Gasteiger partial charge on any atom is 0.313 e. The lowest BCUT2D eigenvalue weighted by molar-refractivity contribution is -0.148. The summed E-state index contributed by atoms with van der Waals surface area (Å²) in [5.41, 5.74) is 3.54. The van der Waals surface area contributed by atoms with Crippen LogP contribution in [0.4, 0.5) is 5.69 Å². The van der Waals surface area contributed by atoms with Gasteiger partial charge in [0.05, 0.1) is 37.8 Å². The molecule has 0 aromatic heterocycles. The number of carbonyl (C=O) groups is 2. The molecular formula is C39H49ClN2O6. The van der Waals surface area contributed by atoms with Crippen molar-refractivity contribution in [3.8, 4) is 5.75 Å². The molecule has 1 saturated carbocycles. The second kappa shape index (κ2) is 13.8. The molecule has 6 rings (SSSR count). The highest BCUT2D eigenvalue weighted by molar-refractivity contribution is 6.30. The summed E-state index contributed by atoms with van der Waals surface area (Å²) in [6, 6.07) is 12.1. The molecule has 2 N–H and O–H groups in total. The Bertz CT molecular complexity index is 1590. The molecule has 2 aromatic carbocycles. The Morgan fingerprint density at radius 3 is 2.73 bits per heavy atom. The van der Waals surface area contributed by atoms with Crippen LogP contribution >= 0.6 is 11.6 Å². The van der Waals surface area contributed by atoms with Gasteiger partial charge in [-0.15, -0.1) is 0 Å². The van der Waals surface area contributed by atoms with Crippen LogP contribution in [0.2, 0.25) is 5.02 Å². The highest BCUT2D eigenvalue weighted by atomic mass is 35.5. The summed E-state index contributed by atoms with van der Waals surface area (Å²) in [5.74, 6) is -1.17. The topological polar surface area (TPSA) is 99.5 Å². The number of methoxy groups -OCH3 is 1. The summed E-state index contributed by atoms with van der Waals surface area (Å²) in [6.07, 6.45) is 9.15. The Morgan fingerprint density at radius 2 is 2.00 bits per heavy atom. The van der Waals surface area contributed by atoms with E-state index in [4.69, 9.17) is 21.1 Å². The number of fused-ring (bicyclic) bond motifs is 4. The number of aliphatic hydroxyl groups is 1. The fourth-order valence-electron chi connectivity index (χ4n) is 8.82. The first-order chi connectivity index (χ1) is 22.9. The van der Waals surface area contributed by atoms with Crippen LogP contribution in [0.1, 0.15) is 74.5 Å². The molecule has 2 aliphatic carbocycles. The quantitative estimate of drug-likeness (QED) is 0.273. The van der Waals surface area contributed by atoms with Crippen LogP contribution in [0.5, 0.6) is 5.75 Å². The molecule has 9 heteroatoms. The van der Waals surface area contributed by atoms with E-state index in [1.807, 2.05) is 55.3 Å². The highest BCUT2D eigenvalue weighted by Gasteiger charge is 2.46. The SMILES string of the molecule is C=C1C[C@](C)(CC(=O)O)C(C(=O)OC)c2ccc3c(c2)N(C[C@@H]2CC[C@H]2[C@@H](O)/C=C/CCN1C)C[C@@]1(CCCc2cc(Cl)ccc21)CO3. The van der Waals surface area contributed by atoms with Crippen LogP contribution < -0.4 is 9.64 Å². The van der Waals surface area contributed by atoms with E-state index in [9.17, 15) is 19.8 Å². The summed E-state index contributed by atoms with van der Waals surface area (Å²) in [4.78, 5) is 30.6. The van der Waals surface area contributed by atoms with Crippen LogP contribution in [-0.4, -0.2) is 73.6 Å². The van der Waals surface area contributed by atoms with Crippen molar-refractivity contribution < 1.29 is 29.3 Å². The second-order valence-electron chi connectivity index (χ2n) is 14.9. The number of hydrogen-bond donors (Lipinski definition) is 2. The van der Waals surface area contributed by atoms with Gasteiger partial charge in [0.1, 0.15) is 5.75 Å². The lowest BCUT2D eigenvalue weighted by Gasteiger charge is -2.45. The van der Waals surface area contributed by atoms with Crippen LogP contribution in [0.15, 0.2) is 60.8 Å². The van der Waals surface area contributed by atoms with Crippen LogP contribution in [0, 0.1) is 17.3 Å². The van der Waals surface area contributed by atoms with Gasteiger partial charge in [0.25, 0.3) is 0 Å². The van der Waals surface area contributed by atoms with Gasteiger partial charge in [0.2, 0.25) is 0 Å². The molecule has 258 valence electrons. The number of carboxylic acids is 1. The lowest BCUT2D eigenvalue weighted by Crippen LogP contribution is -2.49. The zero-order chi connectivity index (χ0) is 34.2. The first-order valence-electron chi connectivity index (χ1n) is 17.3. The zero-order valence-corrected chi connectivity index (χ0v) is 29.2. The average molecular weight is 677 g/mol. The predicted molar refractivity (Wildman–Crippen MR) is 188 cm³/mol. The van der Waals surface area contributed by atoms with Crippen LogP contribution in [-0.2, 0) is 26.2 Å². The normalized spacial score (nSPS) is 31.3. The van der Waals surface area contributed by atoms with Gasteiger partial charge >= 0.3 is 11.9 Å². The van der Waals surface area contributed by atoms with E-state index in [0.717, 1.165) is 60.8 Å². The molecule has 48 heavy (non-hydrogen) atoms. The smallest absolute Gasteiger partial charge is 0.313 e. The first-order valence-corrected chi connectivity index (χ1v) is 17.6. The highest BCUT2D eigenvalue weighted by Crippen LogP contribution is 2.50. The number of ether oxygens (including phenoxy) is 2. The van der Waals surface area contributed by atoms with Gasteiger partial charge in [-0.1, -0.05) is 49.4 Å². The molecule has 0 amide bonds. The monoisotopic (exact) mass is 676 g/mol. The number of carbonyl (C=O) groups excluding carboxylic acids is 1. The van der Waals surface area contributed by atoms with Crippen molar-refractivity contribution in [3.05, 3.63) is 82.5 Å². The van der Waals surface area contributed by atoms with Gasteiger partial charge < -0.3 is 29.5 Å². The molecule has 0 saturated heterocycles. The van der Waals surface area contributed by atoms with Gasteiger partial charge in [0.15, 0.2) is 0 Å². The standard InChI is InChI=1S/C39H49ClN2O6/c1-25-20-38(2,21-35(44)45)36(37(46)47-4)27-11-15-34-32(19-27)42(22-28-10-13-30(28)33(43)9-5-6-17-41(25)3)23-39(24-48-34)16-7-8-26-18-29(40)12-14-31(26)39/h5,9,11-12,14-15,18-19,28,30,33,36,43H,1,6-8,10,13,16-17,20-24H2,2-4H3,(H,44,45)/b9-5+/t28-,30+,33-,36?,38+,39-/m0/s1. The largest absolute Gasteiger partial charge is 0.490 e. The van der Waals surface area contributed by atoms with Gasteiger partial charge in [0, 0.05) is 48.2 Å². The van der Waals surface area contributed by atoms with E-state index in [1.54, 1.807) is 0 Å². The van der Waals surface area contributed by atoms with E-state index in [0.29, 0.717) is 31.7 Å². The Balaban J connectivity index is 1.49. The maximum atomic E-state index is 13.8. The third kappa shape index (κ3) is 6.71. The molecular weight excluding hydrogens is 628 g/mol. The molecule has 6 atom stereocenters. The van der Waals surface area contributed by atoms with Gasteiger partial charge in [-0.3, -0.25) is 9.59 Å². The number of benzene rings is 2. The number of allylic oxidation sites excluding steroid dienone is 1. The maximum absolute atomic E-state index is 13.8. The van der Waals surface area contributed by atoms with Crippen molar-refractivity contribution in [3.63, 3.8) is 0 Å². The number of carboxylic acid groups (broad SMARTS) is 1. The number of nitrogens with zero attached hydrogens (tertiary/aromatic N) is 2. The van der Waals surface area contributed by atoms with Gasteiger partial charge in [-0.25, -0.2) is 0 Å². The van der Waals surface area contributed by atoms with E-state index >= 15 is 0 Å². The summed E-state index contributed by atoms with van der Waals surface area (Å²) in [6.45, 7) is 8.77. The molecule has 2 heterocycles. The Hall–Kier alpha value is -3.49. The number of aliphatic hydroxyl groups excluding tert-OH is 1. The third-order valence-corrected chi connectivity index (χ3v) is 11.8. The average Bonchev–Trinajstić information content (AvgIpc) is 3.17. The molecule has 1 spiro atoms. The molecule has 1 unspecified atom stereocenters. The zero-order valence-electron chi connectivity index (χ0n) is 28.4. The van der Waals surface area contributed by atoms with Gasteiger partial charge in [-0.05, 0) is 97.7 Å². The number of aliphatic carboxylic acids is 1. The van der Waals surface area contributed by atoms with Crippen LogP contribution in [0.3, 0.4) is 0 Å². The molecule has 2 aromatic rings. The number of halogens is 1. The van der Waals surface area contributed by atoms with E-state index in [-0.39, 0.29) is 30.1 Å². The molecule has 0 radical (unpaired) electrons. The summed E-state index contributed by atoms with van der Waals surface area (Å²) >= 11 is 6.46. The minimum Gasteiger partial charge on any atom is -0.490 e. The summed E-state index contributed by atoms with van der Waals surface area (Å²) < 4.78 is 12.1. The fourth-order valence-corrected chi connectivity index (χ4v) is 9.02. The summed E-state index contributed by atoms with van der Waals surface area (Å²) in [5, 5.41) is 22.2. The van der Waals surface area contributed by atoms with Crippen molar-refractivity contribution in [2.24, 2.45) is 17.3 Å². The van der Waals surface area contributed by atoms with Crippen molar-refractivity contribution in [2.45, 2.75) is 75.7 Å². The van der Waals surface area contributed by atoms with Gasteiger partial charge in [-0.2, -0.15) is 0 Å². The van der Waals surface area contributed by atoms with E-state index in [1.165, 1.54) is 18.2 Å². The number of aryl methyl sites for hydroxylation is 1. The van der Waals surface area contributed by atoms with E-state index < -0.39 is 29.4 Å². The fraction of sp³-hybridized carbons (Fsp3) is 0.538. The Kier molecular flexibility index (Phi) is 9.88. The third-order valence-electron chi connectivity index (χ3n) is 11.6. The summed E-state index contributed by atoms with van der Waals surface area (Å²) in [7, 11) is 3.29. The number of hydrogen-bond acceptors (Lipinski definition) is 7. The molecule has 8 nitrogen and oxygen atoms in total. The molecule has 2 bridgehead atoms. The molecule has 2 aliphatic heterocycles. The number of esters is 1. The van der Waals surface area contributed by atoms with Crippen molar-refractivity contribution >= 4 is 29.2 Å². The van der Waals surface area contributed by atoms with Crippen LogP contribution in [0.25, 0.3) is 0 Å². The first kappa shape index (κ1) is 34.4.